The average molecular weight is 337 g/mol. The summed E-state index contributed by atoms with van der Waals surface area (Å²) in [6.45, 7) is 0. The van der Waals surface area contributed by atoms with Gasteiger partial charge in [-0.15, -0.1) is 13.2 Å². The van der Waals surface area contributed by atoms with Gasteiger partial charge in [-0.1, -0.05) is 25.7 Å². The maximum absolute atomic E-state index is 12.2. The Labute approximate surface area is 127 Å². The summed E-state index contributed by atoms with van der Waals surface area (Å²) in [6, 6.07) is 4.10. The lowest BCUT2D eigenvalue weighted by molar-refractivity contribution is -0.274. The molecule has 1 aromatic rings. The van der Waals surface area contributed by atoms with Gasteiger partial charge in [0.25, 0.3) is 0 Å². The second-order valence-corrected chi connectivity index (χ2v) is 7.04. The van der Waals surface area contributed by atoms with Crippen LogP contribution in [0.2, 0.25) is 0 Å². The van der Waals surface area contributed by atoms with E-state index in [0.29, 0.717) is 0 Å². The lowest BCUT2D eigenvalue weighted by atomic mass is 10.1. The Morgan fingerprint density at radius 3 is 2.05 bits per heavy atom. The predicted molar refractivity (Wildman–Crippen MR) is 74.9 cm³/mol. The van der Waals surface area contributed by atoms with Crippen LogP contribution >= 0.6 is 0 Å². The second-order valence-electron chi connectivity index (χ2n) is 5.33. The van der Waals surface area contributed by atoms with Crippen LogP contribution in [0.15, 0.2) is 29.2 Å². The van der Waals surface area contributed by atoms with Gasteiger partial charge in [0.1, 0.15) is 5.75 Å². The summed E-state index contributed by atoms with van der Waals surface area (Å²) in [7, 11) is -3.72. The van der Waals surface area contributed by atoms with Crippen LogP contribution in [-0.2, 0) is 10.0 Å². The minimum Gasteiger partial charge on any atom is -0.406 e. The fraction of sp³-hybridized carbons (Fsp3) is 0.571. The fourth-order valence-electron chi connectivity index (χ4n) is 2.51. The molecule has 1 N–H and O–H groups in total. The molecule has 0 amide bonds. The van der Waals surface area contributed by atoms with Gasteiger partial charge in [0.15, 0.2) is 0 Å². The maximum atomic E-state index is 12.2. The van der Waals surface area contributed by atoms with Gasteiger partial charge in [-0.05, 0) is 37.1 Å². The number of nitrogens with one attached hydrogen (secondary N) is 1. The number of sulfonamides is 1. The number of hydrogen-bond donors (Lipinski definition) is 1. The van der Waals surface area contributed by atoms with Gasteiger partial charge in [0.2, 0.25) is 10.0 Å². The summed E-state index contributed by atoms with van der Waals surface area (Å²) >= 11 is 0. The number of alkyl halides is 3. The van der Waals surface area contributed by atoms with Crippen molar-refractivity contribution in [2.24, 2.45) is 0 Å². The van der Waals surface area contributed by atoms with Gasteiger partial charge in [-0.25, -0.2) is 13.1 Å². The molecule has 1 aromatic carbocycles. The molecule has 22 heavy (non-hydrogen) atoms. The molecule has 8 heteroatoms. The lowest BCUT2D eigenvalue weighted by Crippen LogP contribution is -2.34. The fourth-order valence-corrected chi connectivity index (χ4v) is 3.81. The predicted octanol–water partition coefficient (Wildman–Crippen LogP) is 3.59. The highest BCUT2D eigenvalue weighted by Gasteiger charge is 2.31. The van der Waals surface area contributed by atoms with Gasteiger partial charge < -0.3 is 4.74 Å². The third-order valence-electron chi connectivity index (χ3n) is 3.54. The van der Waals surface area contributed by atoms with Crippen molar-refractivity contribution in [1.82, 2.24) is 4.72 Å². The monoisotopic (exact) mass is 337 g/mol. The maximum Gasteiger partial charge on any atom is 0.573 e. The number of benzene rings is 1. The van der Waals surface area contributed by atoms with Crippen molar-refractivity contribution in [2.45, 2.75) is 55.8 Å². The molecule has 1 aliphatic carbocycles. The van der Waals surface area contributed by atoms with E-state index in [2.05, 4.69) is 9.46 Å². The minimum absolute atomic E-state index is 0.0636. The van der Waals surface area contributed by atoms with Crippen LogP contribution in [0.25, 0.3) is 0 Å². The van der Waals surface area contributed by atoms with E-state index in [1.807, 2.05) is 0 Å². The summed E-state index contributed by atoms with van der Waals surface area (Å²) in [5.74, 6) is -0.444. The molecular formula is C14H18F3NO3S. The Hall–Kier alpha value is -1.28. The topological polar surface area (TPSA) is 55.4 Å². The molecule has 124 valence electrons. The molecule has 0 heterocycles. The molecule has 4 nitrogen and oxygen atoms in total. The standard InChI is InChI=1S/C14H18F3NO3S/c15-14(16,17)21-12-7-9-13(10-8-12)22(19,20)18-11-5-3-1-2-4-6-11/h7-11,18H,1-6H2. The highest BCUT2D eigenvalue weighted by molar-refractivity contribution is 7.89. The van der Waals surface area contributed by atoms with E-state index in [4.69, 9.17) is 0 Å². The van der Waals surface area contributed by atoms with E-state index < -0.39 is 22.1 Å². The average Bonchev–Trinajstić information content (AvgIpc) is 2.65. The Balaban J connectivity index is 2.05. The summed E-state index contributed by atoms with van der Waals surface area (Å²) in [4.78, 5) is -0.0636. The van der Waals surface area contributed by atoms with Gasteiger partial charge >= 0.3 is 6.36 Å². The quantitative estimate of drug-likeness (QED) is 0.854. The molecular weight excluding hydrogens is 319 g/mol. The summed E-state index contributed by atoms with van der Waals surface area (Å²) in [5.41, 5.74) is 0. The van der Waals surface area contributed by atoms with E-state index in [1.165, 1.54) is 0 Å². The second kappa shape index (κ2) is 6.87. The smallest absolute Gasteiger partial charge is 0.406 e. The molecule has 0 aromatic heterocycles. The third kappa shape index (κ3) is 5.17. The van der Waals surface area contributed by atoms with Crippen LogP contribution in [0, 0.1) is 0 Å². The molecule has 1 aliphatic rings. The van der Waals surface area contributed by atoms with Crippen molar-refractivity contribution in [2.75, 3.05) is 0 Å². The van der Waals surface area contributed by atoms with Crippen molar-refractivity contribution in [1.29, 1.82) is 0 Å². The highest BCUT2D eigenvalue weighted by Crippen LogP contribution is 2.24. The van der Waals surface area contributed by atoms with Gasteiger partial charge in [-0.3, -0.25) is 0 Å². The lowest BCUT2D eigenvalue weighted by Gasteiger charge is -2.16. The minimum atomic E-state index is -4.79. The molecule has 0 bridgehead atoms. The summed E-state index contributed by atoms with van der Waals surface area (Å²) < 4.78 is 67.0. The first-order valence-electron chi connectivity index (χ1n) is 7.14. The Morgan fingerprint density at radius 1 is 1.00 bits per heavy atom. The molecule has 0 unspecified atom stereocenters. The van der Waals surface area contributed by atoms with Gasteiger partial charge in [-0.2, -0.15) is 0 Å². The van der Waals surface area contributed by atoms with Crippen LogP contribution in [0.5, 0.6) is 5.75 Å². The van der Waals surface area contributed by atoms with E-state index in [0.717, 1.165) is 62.8 Å². The van der Waals surface area contributed by atoms with Gasteiger partial charge in [0, 0.05) is 6.04 Å². The molecule has 0 saturated heterocycles. The molecule has 1 fully saturated rings. The number of ether oxygens (including phenoxy) is 1. The Bertz CT molecular complexity index is 576. The normalized spacial score (nSPS) is 18.0. The first kappa shape index (κ1) is 17.1. The molecule has 0 radical (unpaired) electrons. The van der Waals surface area contributed by atoms with Crippen LogP contribution in [0.3, 0.4) is 0 Å². The zero-order valence-corrected chi connectivity index (χ0v) is 12.7. The van der Waals surface area contributed by atoms with Crippen LogP contribution in [0.1, 0.15) is 38.5 Å². The first-order chi connectivity index (χ1) is 10.3. The number of halogens is 3. The zero-order chi connectivity index (χ0) is 16.2. The highest BCUT2D eigenvalue weighted by atomic mass is 32.2. The van der Waals surface area contributed by atoms with Crippen LogP contribution < -0.4 is 9.46 Å². The molecule has 0 atom stereocenters. The van der Waals surface area contributed by atoms with Crippen molar-refractivity contribution in [3.63, 3.8) is 0 Å². The van der Waals surface area contributed by atoms with E-state index in [-0.39, 0.29) is 10.9 Å². The zero-order valence-electron chi connectivity index (χ0n) is 11.9. The Morgan fingerprint density at radius 2 is 1.55 bits per heavy atom. The summed E-state index contributed by atoms with van der Waals surface area (Å²) in [5, 5.41) is 0. The SMILES string of the molecule is O=S(=O)(NC1CCCCCC1)c1ccc(OC(F)(F)F)cc1. The van der Waals surface area contributed by atoms with Crippen molar-refractivity contribution in [3.05, 3.63) is 24.3 Å². The molecule has 1 saturated carbocycles. The first-order valence-corrected chi connectivity index (χ1v) is 8.63. The third-order valence-corrected chi connectivity index (χ3v) is 5.08. The van der Waals surface area contributed by atoms with Crippen molar-refractivity contribution < 1.29 is 26.3 Å². The largest absolute Gasteiger partial charge is 0.573 e. The Kier molecular flexibility index (Phi) is 5.33. The van der Waals surface area contributed by atoms with Crippen LogP contribution in [-0.4, -0.2) is 20.8 Å². The van der Waals surface area contributed by atoms with Crippen LogP contribution in [0.4, 0.5) is 13.2 Å². The van der Waals surface area contributed by atoms with E-state index >= 15 is 0 Å². The molecule has 2 rings (SSSR count). The molecule has 0 aliphatic heterocycles. The van der Waals surface area contributed by atoms with Crippen molar-refractivity contribution in [3.8, 4) is 5.75 Å². The van der Waals surface area contributed by atoms with E-state index in [1.54, 1.807) is 0 Å². The van der Waals surface area contributed by atoms with Gasteiger partial charge in [0.05, 0.1) is 4.90 Å². The summed E-state index contributed by atoms with van der Waals surface area (Å²) in [6.07, 6.45) is 0.933. The number of hydrogen-bond acceptors (Lipinski definition) is 3. The van der Waals surface area contributed by atoms with E-state index in [9.17, 15) is 21.6 Å². The molecule has 0 spiro atoms. The van der Waals surface area contributed by atoms with Crippen molar-refractivity contribution >= 4 is 10.0 Å². The number of rotatable bonds is 4.